The van der Waals surface area contributed by atoms with Crippen molar-refractivity contribution >= 4 is 17.5 Å². The summed E-state index contributed by atoms with van der Waals surface area (Å²) in [5, 5.41) is 0. The van der Waals surface area contributed by atoms with Crippen LogP contribution in [-0.2, 0) is 11.3 Å². The number of hydrogen-bond donors (Lipinski definition) is 1. The Hall–Kier alpha value is -2.66. The molecule has 0 radical (unpaired) electrons. The molecule has 2 amide bonds. The lowest BCUT2D eigenvalue weighted by Gasteiger charge is -2.32. The van der Waals surface area contributed by atoms with Crippen molar-refractivity contribution in [3.8, 4) is 0 Å². The summed E-state index contributed by atoms with van der Waals surface area (Å²) in [5.74, 6) is 0.783. The molecule has 0 spiro atoms. The van der Waals surface area contributed by atoms with Crippen LogP contribution in [0.15, 0.2) is 48.5 Å². The third kappa shape index (κ3) is 4.57. The second kappa shape index (κ2) is 9.00. The lowest BCUT2D eigenvalue weighted by atomic mass is 10.0. The molecule has 0 saturated carbocycles. The Bertz CT molecular complexity index is 899. The van der Waals surface area contributed by atoms with Gasteiger partial charge in [-0.3, -0.25) is 9.59 Å². The van der Waals surface area contributed by atoms with Gasteiger partial charge in [0.05, 0.1) is 26.2 Å². The van der Waals surface area contributed by atoms with E-state index >= 15 is 0 Å². The first-order chi connectivity index (χ1) is 14.5. The average Bonchev–Trinajstić information content (AvgIpc) is 3.20. The molecule has 2 fully saturated rings. The third-order valence-corrected chi connectivity index (χ3v) is 6.34. The lowest BCUT2D eigenvalue weighted by molar-refractivity contribution is -0.917. The highest BCUT2D eigenvalue weighted by Crippen LogP contribution is 2.23. The summed E-state index contributed by atoms with van der Waals surface area (Å²) in [4.78, 5) is 30.3. The summed E-state index contributed by atoms with van der Waals surface area (Å²) < 4.78 is 0. The summed E-state index contributed by atoms with van der Waals surface area (Å²) in [7, 11) is 0. The highest BCUT2D eigenvalue weighted by molar-refractivity contribution is 5.99. The number of nitrogens with one attached hydrogen (secondary N) is 1. The molecule has 0 aliphatic carbocycles. The number of nitrogens with zero attached hydrogens (tertiary/aromatic N) is 2. The van der Waals surface area contributed by atoms with Crippen molar-refractivity contribution in [1.29, 1.82) is 0 Å². The predicted molar refractivity (Wildman–Crippen MR) is 119 cm³/mol. The van der Waals surface area contributed by atoms with Gasteiger partial charge in [-0.25, -0.2) is 0 Å². The van der Waals surface area contributed by atoms with Gasteiger partial charge in [0.15, 0.2) is 0 Å². The predicted octanol–water partition coefficient (Wildman–Crippen LogP) is 2.48. The molecule has 2 heterocycles. The number of amides is 2. The summed E-state index contributed by atoms with van der Waals surface area (Å²) in [6, 6.07) is 16.5. The van der Waals surface area contributed by atoms with Gasteiger partial charge in [-0.1, -0.05) is 44.2 Å². The van der Waals surface area contributed by atoms with Gasteiger partial charge in [0.2, 0.25) is 5.91 Å². The first-order valence-corrected chi connectivity index (χ1v) is 11.1. The summed E-state index contributed by atoms with van der Waals surface area (Å²) in [5.41, 5.74) is 4.26. The van der Waals surface area contributed by atoms with Gasteiger partial charge in [-0.05, 0) is 36.1 Å². The van der Waals surface area contributed by atoms with E-state index in [0.717, 1.165) is 51.4 Å². The first-order valence-electron chi connectivity index (χ1n) is 11.1. The molecule has 5 heteroatoms. The van der Waals surface area contributed by atoms with Crippen LogP contribution in [-0.4, -0.2) is 49.4 Å². The molecule has 0 aromatic heterocycles. The highest BCUT2D eigenvalue weighted by atomic mass is 16.2. The van der Waals surface area contributed by atoms with Crippen molar-refractivity contribution in [3.63, 3.8) is 0 Å². The maximum absolute atomic E-state index is 13.0. The zero-order chi connectivity index (χ0) is 21.1. The molecule has 2 saturated heterocycles. The third-order valence-electron chi connectivity index (χ3n) is 6.34. The van der Waals surface area contributed by atoms with Crippen LogP contribution in [0.4, 0.5) is 5.69 Å². The molecule has 0 bridgehead atoms. The van der Waals surface area contributed by atoms with E-state index in [0.29, 0.717) is 17.9 Å². The molecule has 30 heavy (non-hydrogen) atoms. The van der Waals surface area contributed by atoms with Crippen LogP contribution in [0.1, 0.15) is 54.1 Å². The zero-order valence-corrected chi connectivity index (χ0v) is 18.1. The van der Waals surface area contributed by atoms with Crippen molar-refractivity contribution in [1.82, 2.24) is 4.90 Å². The van der Waals surface area contributed by atoms with E-state index in [2.05, 4.69) is 38.1 Å². The number of benzene rings is 2. The zero-order valence-electron chi connectivity index (χ0n) is 18.1. The van der Waals surface area contributed by atoms with Crippen LogP contribution in [0.25, 0.3) is 0 Å². The van der Waals surface area contributed by atoms with E-state index in [-0.39, 0.29) is 11.8 Å². The Morgan fingerprint density at radius 1 is 1.03 bits per heavy atom. The Labute approximate surface area is 179 Å². The number of anilines is 1. The van der Waals surface area contributed by atoms with E-state index in [1.54, 1.807) is 4.90 Å². The largest absolute Gasteiger partial charge is 0.328 e. The number of hydrogen-bond acceptors (Lipinski definition) is 2. The van der Waals surface area contributed by atoms with Crippen molar-refractivity contribution in [2.24, 2.45) is 0 Å². The van der Waals surface area contributed by atoms with Gasteiger partial charge in [0, 0.05) is 29.8 Å². The molecular weight excluding hydrogens is 374 g/mol. The minimum atomic E-state index is 0.0730. The number of quaternary nitrogens is 1. The minimum Gasteiger partial charge on any atom is -0.328 e. The summed E-state index contributed by atoms with van der Waals surface area (Å²) >= 11 is 0. The molecule has 0 atom stereocenters. The Morgan fingerprint density at radius 3 is 2.40 bits per heavy atom. The molecule has 4 rings (SSSR count). The summed E-state index contributed by atoms with van der Waals surface area (Å²) in [6.07, 6.45) is 1.49. The second-order valence-electron chi connectivity index (χ2n) is 8.81. The molecule has 158 valence electrons. The van der Waals surface area contributed by atoms with Gasteiger partial charge in [0.25, 0.3) is 5.91 Å². The molecule has 1 N–H and O–H groups in total. The number of rotatable bonds is 5. The fourth-order valence-electron chi connectivity index (χ4n) is 4.42. The van der Waals surface area contributed by atoms with Crippen LogP contribution >= 0.6 is 0 Å². The van der Waals surface area contributed by atoms with E-state index < -0.39 is 0 Å². The fraction of sp³-hybridized carbons (Fsp3) is 0.440. The molecule has 0 unspecified atom stereocenters. The lowest BCUT2D eigenvalue weighted by Crippen LogP contribution is -3.13. The van der Waals surface area contributed by atoms with Crippen LogP contribution in [0, 0.1) is 0 Å². The van der Waals surface area contributed by atoms with Crippen LogP contribution in [0.5, 0.6) is 0 Å². The van der Waals surface area contributed by atoms with Gasteiger partial charge < -0.3 is 14.7 Å². The van der Waals surface area contributed by atoms with E-state index in [1.165, 1.54) is 16.0 Å². The van der Waals surface area contributed by atoms with Crippen molar-refractivity contribution < 1.29 is 14.5 Å². The number of piperazine rings is 1. The van der Waals surface area contributed by atoms with Crippen molar-refractivity contribution in [2.75, 3.05) is 37.6 Å². The van der Waals surface area contributed by atoms with Crippen LogP contribution < -0.4 is 9.80 Å². The average molecular weight is 407 g/mol. The van der Waals surface area contributed by atoms with Crippen LogP contribution in [0.3, 0.4) is 0 Å². The SMILES string of the molecule is CC(C)c1ccc(C[NH+]2CCN(C(=O)c3cccc(N4CCCC4=O)c3)CC2)cc1. The summed E-state index contributed by atoms with van der Waals surface area (Å²) in [6.45, 7) is 9.65. The molecule has 2 aromatic rings. The van der Waals surface area contributed by atoms with Gasteiger partial charge in [0.1, 0.15) is 6.54 Å². The first kappa shape index (κ1) is 20.6. The second-order valence-corrected chi connectivity index (χ2v) is 8.81. The molecule has 2 aliphatic heterocycles. The van der Waals surface area contributed by atoms with Crippen molar-refractivity contribution in [3.05, 3.63) is 65.2 Å². The smallest absolute Gasteiger partial charge is 0.254 e. The molecule has 2 aromatic carbocycles. The Morgan fingerprint density at radius 2 is 1.77 bits per heavy atom. The standard InChI is InChI=1S/C25H31N3O2/c1-19(2)21-10-8-20(9-11-21)18-26-13-15-27(16-14-26)25(30)22-5-3-6-23(17-22)28-12-4-7-24(28)29/h3,5-6,8-11,17,19H,4,7,12-16,18H2,1-2H3/p+1. The maximum atomic E-state index is 13.0. The Kier molecular flexibility index (Phi) is 6.18. The molecular formula is C25H32N3O2+. The van der Waals surface area contributed by atoms with Gasteiger partial charge >= 0.3 is 0 Å². The number of carbonyl (C=O) groups excluding carboxylic acids is 2. The molecule has 5 nitrogen and oxygen atoms in total. The quantitative estimate of drug-likeness (QED) is 0.829. The van der Waals surface area contributed by atoms with Gasteiger partial charge in [-0.2, -0.15) is 0 Å². The monoisotopic (exact) mass is 406 g/mol. The normalized spacial score (nSPS) is 17.8. The minimum absolute atomic E-state index is 0.0730. The van der Waals surface area contributed by atoms with E-state index in [4.69, 9.17) is 0 Å². The van der Waals surface area contributed by atoms with Crippen molar-refractivity contribution in [2.45, 2.75) is 39.2 Å². The van der Waals surface area contributed by atoms with E-state index in [1.807, 2.05) is 29.2 Å². The van der Waals surface area contributed by atoms with Crippen LogP contribution in [0.2, 0.25) is 0 Å². The van der Waals surface area contributed by atoms with E-state index in [9.17, 15) is 9.59 Å². The maximum Gasteiger partial charge on any atom is 0.254 e. The fourth-order valence-corrected chi connectivity index (χ4v) is 4.42. The number of carbonyl (C=O) groups is 2. The topological polar surface area (TPSA) is 45.1 Å². The van der Waals surface area contributed by atoms with Gasteiger partial charge in [-0.15, -0.1) is 0 Å². The molecule has 2 aliphatic rings. The highest BCUT2D eigenvalue weighted by Gasteiger charge is 2.26. The Balaban J connectivity index is 1.34.